The van der Waals surface area contributed by atoms with Crippen LogP contribution in [0.25, 0.3) is 0 Å². The molecule has 0 saturated carbocycles. The summed E-state index contributed by atoms with van der Waals surface area (Å²) in [6.07, 6.45) is 1.70. The summed E-state index contributed by atoms with van der Waals surface area (Å²) >= 11 is 0. The van der Waals surface area contributed by atoms with E-state index in [2.05, 4.69) is 4.98 Å². The molecule has 1 atom stereocenters. The van der Waals surface area contributed by atoms with Gasteiger partial charge in [0.1, 0.15) is 11.9 Å². The lowest BCUT2D eigenvalue weighted by Gasteiger charge is -2.14. The van der Waals surface area contributed by atoms with E-state index in [-0.39, 0.29) is 6.10 Å². The largest absolute Gasteiger partial charge is 0.484 e. The number of nitrogens with two attached hydrogens (primary N) is 1. The number of pyridine rings is 1. The molecule has 0 bridgehead atoms. The van der Waals surface area contributed by atoms with Crippen LogP contribution in [0.2, 0.25) is 0 Å². The van der Waals surface area contributed by atoms with Gasteiger partial charge in [0.2, 0.25) is 0 Å². The van der Waals surface area contributed by atoms with Crippen LogP contribution in [0.1, 0.15) is 24.3 Å². The van der Waals surface area contributed by atoms with Gasteiger partial charge >= 0.3 is 0 Å². The zero-order valence-electron chi connectivity index (χ0n) is 9.84. The van der Waals surface area contributed by atoms with Gasteiger partial charge in [-0.05, 0) is 36.8 Å². The van der Waals surface area contributed by atoms with E-state index in [1.54, 1.807) is 6.20 Å². The molecule has 0 spiro atoms. The Labute approximate surface area is 101 Å². The smallest absolute Gasteiger partial charge is 0.138 e. The minimum atomic E-state index is -0.0655. The number of aromatic nitrogens is 1. The average Bonchev–Trinajstić information content (AvgIpc) is 2.40. The summed E-state index contributed by atoms with van der Waals surface area (Å²) in [5, 5.41) is 0. The fraction of sp³-hybridized carbons (Fsp3) is 0.214. The van der Waals surface area contributed by atoms with Crippen LogP contribution < -0.4 is 10.5 Å². The molecule has 88 valence electrons. The summed E-state index contributed by atoms with van der Waals surface area (Å²) in [5.41, 5.74) is 7.58. The van der Waals surface area contributed by atoms with Gasteiger partial charge in [-0.2, -0.15) is 0 Å². The highest BCUT2D eigenvalue weighted by Crippen LogP contribution is 2.20. The van der Waals surface area contributed by atoms with Crippen LogP contribution in [-0.4, -0.2) is 4.98 Å². The molecular formula is C14H16N2O. The zero-order valence-corrected chi connectivity index (χ0v) is 9.84. The lowest BCUT2D eigenvalue weighted by Crippen LogP contribution is -2.05. The second-order valence-corrected chi connectivity index (χ2v) is 3.87. The minimum Gasteiger partial charge on any atom is -0.484 e. The first-order valence-electron chi connectivity index (χ1n) is 5.66. The Kier molecular flexibility index (Phi) is 3.73. The normalized spacial score (nSPS) is 12.1. The van der Waals surface area contributed by atoms with Crippen molar-refractivity contribution in [3.8, 4) is 5.75 Å². The van der Waals surface area contributed by atoms with Crippen molar-refractivity contribution in [2.24, 2.45) is 5.73 Å². The highest BCUT2D eigenvalue weighted by atomic mass is 16.5. The van der Waals surface area contributed by atoms with E-state index in [1.165, 1.54) is 0 Å². The van der Waals surface area contributed by atoms with E-state index >= 15 is 0 Å². The Morgan fingerprint density at radius 3 is 2.82 bits per heavy atom. The molecule has 0 amide bonds. The summed E-state index contributed by atoms with van der Waals surface area (Å²) in [5.74, 6) is 0.825. The quantitative estimate of drug-likeness (QED) is 0.875. The van der Waals surface area contributed by atoms with Crippen molar-refractivity contribution in [1.29, 1.82) is 0 Å². The Morgan fingerprint density at radius 1 is 1.24 bits per heavy atom. The van der Waals surface area contributed by atoms with Crippen LogP contribution >= 0.6 is 0 Å². The maximum absolute atomic E-state index is 5.82. The van der Waals surface area contributed by atoms with E-state index in [9.17, 15) is 0 Å². The fourth-order valence-electron chi connectivity index (χ4n) is 1.63. The average molecular weight is 228 g/mol. The summed E-state index contributed by atoms with van der Waals surface area (Å²) in [7, 11) is 0. The predicted octanol–water partition coefficient (Wildman–Crippen LogP) is 2.68. The summed E-state index contributed by atoms with van der Waals surface area (Å²) in [6, 6.07) is 13.6. The Hall–Kier alpha value is -1.87. The highest BCUT2D eigenvalue weighted by Gasteiger charge is 2.07. The number of benzene rings is 1. The molecule has 17 heavy (non-hydrogen) atoms. The van der Waals surface area contributed by atoms with Crippen LogP contribution in [0.3, 0.4) is 0 Å². The van der Waals surface area contributed by atoms with E-state index in [0.717, 1.165) is 17.0 Å². The highest BCUT2D eigenvalue weighted by molar-refractivity contribution is 5.29. The number of hydrogen-bond donors (Lipinski definition) is 1. The lowest BCUT2D eigenvalue weighted by atomic mass is 10.2. The van der Waals surface area contributed by atoms with Gasteiger partial charge in [-0.1, -0.05) is 18.2 Å². The number of nitrogens with zero attached hydrogens (tertiary/aromatic N) is 1. The van der Waals surface area contributed by atoms with Crippen molar-refractivity contribution in [2.75, 3.05) is 0 Å². The summed E-state index contributed by atoms with van der Waals surface area (Å²) < 4.78 is 5.82. The monoisotopic (exact) mass is 228 g/mol. The third-order valence-electron chi connectivity index (χ3n) is 2.55. The molecule has 0 saturated heterocycles. The van der Waals surface area contributed by atoms with Gasteiger partial charge in [-0.15, -0.1) is 0 Å². The van der Waals surface area contributed by atoms with Crippen LogP contribution in [0.5, 0.6) is 5.75 Å². The summed E-state index contributed by atoms with van der Waals surface area (Å²) in [6.45, 7) is 2.51. The molecule has 0 fully saturated rings. The van der Waals surface area contributed by atoms with Gasteiger partial charge in [0, 0.05) is 12.7 Å². The third kappa shape index (κ3) is 3.04. The lowest BCUT2D eigenvalue weighted by molar-refractivity contribution is 0.222. The molecule has 1 heterocycles. The number of ether oxygens (including phenoxy) is 1. The van der Waals surface area contributed by atoms with Crippen LogP contribution in [0.4, 0.5) is 0 Å². The second kappa shape index (κ2) is 5.46. The van der Waals surface area contributed by atoms with Gasteiger partial charge in [-0.25, -0.2) is 0 Å². The maximum atomic E-state index is 5.82. The van der Waals surface area contributed by atoms with Crippen LogP contribution in [0.15, 0.2) is 48.7 Å². The molecule has 3 nitrogen and oxygen atoms in total. The first-order chi connectivity index (χ1) is 8.29. The van der Waals surface area contributed by atoms with E-state index in [0.29, 0.717) is 6.54 Å². The Morgan fingerprint density at radius 2 is 2.12 bits per heavy atom. The molecule has 1 unspecified atom stereocenters. The molecule has 2 rings (SSSR count). The molecular weight excluding hydrogens is 212 g/mol. The van der Waals surface area contributed by atoms with Crippen molar-refractivity contribution in [3.63, 3.8) is 0 Å². The number of hydrogen-bond acceptors (Lipinski definition) is 3. The molecule has 2 N–H and O–H groups in total. The van der Waals surface area contributed by atoms with Gasteiger partial charge in [0.15, 0.2) is 0 Å². The third-order valence-corrected chi connectivity index (χ3v) is 2.55. The Bertz CT molecular complexity index is 471. The van der Waals surface area contributed by atoms with Crippen molar-refractivity contribution in [3.05, 3.63) is 59.9 Å². The van der Waals surface area contributed by atoms with Gasteiger partial charge < -0.3 is 10.5 Å². The molecule has 1 aromatic heterocycles. The topological polar surface area (TPSA) is 48.1 Å². The van der Waals surface area contributed by atoms with Crippen molar-refractivity contribution in [2.45, 2.75) is 19.6 Å². The molecule has 0 radical (unpaired) electrons. The standard InChI is InChI=1S/C14H16N2O/c1-11(14-7-2-3-8-16-14)17-13-6-4-5-12(9-13)10-15/h2-9,11H,10,15H2,1H3. The van der Waals surface area contributed by atoms with Gasteiger partial charge in [0.05, 0.1) is 5.69 Å². The molecule has 1 aromatic carbocycles. The molecule has 0 aliphatic rings. The van der Waals surface area contributed by atoms with Crippen molar-refractivity contribution < 1.29 is 4.74 Å². The van der Waals surface area contributed by atoms with Crippen LogP contribution in [0, 0.1) is 0 Å². The minimum absolute atomic E-state index is 0.0655. The first kappa shape index (κ1) is 11.6. The van der Waals surface area contributed by atoms with E-state index in [1.807, 2.05) is 49.4 Å². The molecule has 0 aliphatic carbocycles. The van der Waals surface area contributed by atoms with Gasteiger partial charge in [-0.3, -0.25) is 4.98 Å². The predicted molar refractivity (Wildman–Crippen MR) is 67.6 cm³/mol. The SMILES string of the molecule is CC(Oc1cccc(CN)c1)c1ccccn1. The van der Waals surface area contributed by atoms with E-state index in [4.69, 9.17) is 10.5 Å². The van der Waals surface area contributed by atoms with E-state index < -0.39 is 0 Å². The molecule has 0 aliphatic heterocycles. The van der Waals surface area contributed by atoms with Gasteiger partial charge in [0.25, 0.3) is 0 Å². The fourth-order valence-corrected chi connectivity index (χ4v) is 1.63. The zero-order chi connectivity index (χ0) is 12.1. The molecule has 3 heteroatoms. The van der Waals surface area contributed by atoms with Crippen molar-refractivity contribution >= 4 is 0 Å². The summed E-state index contributed by atoms with van der Waals surface area (Å²) in [4.78, 5) is 4.27. The molecule has 2 aromatic rings. The van der Waals surface area contributed by atoms with Crippen LogP contribution in [-0.2, 0) is 6.54 Å². The first-order valence-corrected chi connectivity index (χ1v) is 5.66. The van der Waals surface area contributed by atoms with Crippen molar-refractivity contribution in [1.82, 2.24) is 4.98 Å². The maximum Gasteiger partial charge on any atom is 0.138 e. The Balaban J connectivity index is 2.10. The second-order valence-electron chi connectivity index (χ2n) is 3.87. The number of rotatable bonds is 4.